The summed E-state index contributed by atoms with van der Waals surface area (Å²) in [4.78, 5) is 36.2. The van der Waals surface area contributed by atoms with E-state index in [2.05, 4.69) is 24.0 Å². The van der Waals surface area contributed by atoms with E-state index in [1.165, 1.54) is 21.1 Å². The van der Waals surface area contributed by atoms with E-state index in [0.29, 0.717) is 25.4 Å². The summed E-state index contributed by atoms with van der Waals surface area (Å²) < 4.78 is 10.4. The Labute approximate surface area is 214 Å². The molecule has 0 aliphatic heterocycles. The molecule has 0 N–H and O–H groups in total. The van der Waals surface area contributed by atoms with Gasteiger partial charge in [-0.15, -0.1) is 22.7 Å². The lowest BCUT2D eigenvalue weighted by Gasteiger charge is -2.27. The highest BCUT2D eigenvalue weighted by molar-refractivity contribution is 7.12. The normalized spacial score (nSPS) is 13.9. The monoisotopic (exact) mass is 512 g/mol. The predicted molar refractivity (Wildman–Crippen MR) is 140 cm³/mol. The van der Waals surface area contributed by atoms with Crippen molar-refractivity contribution in [2.24, 2.45) is 0 Å². The molecule has 1 saturated carbocycles. The third kappa shape index (κ3) is 5.76. The fourth-order valence-electron chi connectivity index (χ4n) is 4.35. The maximum absolute atomic E-state index is 13.9. The summed E-state index contributed by atoms with van der Waals surface area (Å²) in [7, 11) is 1.64. The average molecular weight is 513 g/mol. The van der Waals surface area contributed by atoms with E-state index < -0.39 is 11.4 Å². The lowest BCUT2D eigenvalue weighted by atomic mass is 9.94. The number of thiazole rings is 1. The summed E-state index contributed by atoms with van der Waals surface area (Å²) in [6, 6.07) is 12.2. The van der Waals surface area contributed by atoms with Gasteiger partial charge in [0.05, 0.1) is 25.7 Å². The Morgan fingerprint density at radius 1 is 1.09 bits per heavy atom. The first-order valence-electron chi connectivity index (χ1n) is 12.0. The molecule has 1 aliphatic carbocycles. The number of amides is 1. The third-order valence-corrected chi connectivity index (χ3v) is 8.39. The quantitative estimate of drug-likeness (QED) is 0.308. The molecule has 1 aliphatic rings. The average Bonchev–Trinajstić information content (AvgIpc) is 3.43. The molecule has 1 amide bonds. The summed E-state index contributed by atoms with van der Waals surface area (Å²) >= 11 is 3.27. The van der Waals surface area contributed by atoms with Crippen molar-refractivity contribution in [3.05, 3.63) is 67.3 Å². The Morgan fingerprint density at radius 3 is 2.43 bits per heavy atom. The smallest absolute Gasteiger partial charge is 0.358 e. The van der Waals surface area contributed by atoms with Crippen LogP contribution in [0.4, 0.5) is 0 Å². The van der Waals surface area contributed by atoms with Crippen LogP contribution in [0.3, 0.4) is 0 Å². The third-order valence-electron chi connectivity index (χ3n) is 6.37. The molecule has 2 heterocycles. The van der Waals surface area contributed by atoms with Gasteiger partial charge in [-0.1, -0.05) is 12.1 Å². The first-order valence-corrected chi connectivity index (χ1v) is 13.6. The topological polar surface area (TPSA) is 68.7 Å². The first-order chi connectivity index (χ1) is 16.9. The van der Waals surface area contributed by atoms with Gasteiger partial charge in [-0.05, 0) is 76.3 Å². The minimum absolute atomic E-state index is 0.135. The van der Waals surface area contributed by atoms with Crippen LogP contribution in [0.5, 0.6) is 5.75 Å². The van der Waals surface area contributed by atoms with Gasteiger partial charge in [0.2, 0.25) is 5.91 Å². The minimum atomic E-state index is -0.484. The number of aryl methyl sites for hydroxylation is 3. The molecule has 8 heteroatoms. The van der Waals surface area contributed by atoms with Gasteiger partial charge in [0.15, 0.2) is 5.69 Å². The number of carbonyl (C=O) groups is 2. The van der Waals surface area contributed by atoms with Crippen molar-refractivity contribution in [1.29, 1.82) is 0 Å². The lowest BCUT2D eigenvalue weighted by Crippen LogP contribution is -2.39. The number of ether oxygens (including phenoxy) is 2. The van der Waals surface area contributed by atoms with Crippen LogP contribution in [0.15, 0.2) is 36.4 Å². The van der Waals surface area contributed by atoms with Gasteiger partial charge in [0.1, 0.15) is 10.8 Å². The SMILES string of the molecule is CCOC(=O)c1nc(CN(CCCc2ccc(C)s2)C(=O)C2(c3ccc(OC)cc3)CC2)sc1C. The highest BCUT2D eigenvalue weighted by atomic mass is 32.1. The molecule has 4 rings (SSSR count). The second kappa shape index (κ2) is 10.9. The number of carbonyl (C=O) groups excluding carboxylic acids is 2. The van der Waals surface area contributed by atoms with E-state index in [9.17, 15) is 9.59 Å². The van der Waals surface area contributed by atoms with Gasteiger partial charge >= 0.3 is 5.97 Å². The number of methoxy groups -OCH3 is 1. The summed E-state index contributed by atoms with van der Waals surface area (Å²) in [6.07, 6.45) is 3.48. The maximum atomic E-state index is 13.9. The number of benzene rings is 1. The van der Waals surface area contributed by atoms with Crippen LogP contribution >= 0.6 is 22.7 Å². The summed E-state index contributed by atoms with van der Waals surface area (Å²) in [5, 5.41) is 0.761. The van der Waals surface area contributed by atoms with Crippen LogP contribution in [-0.2, 0) is 27.9 Å². The van der Waals surface area contributed by atoms with Crippen LogP contribution in [0, 0.1) is 13.8 Å². The van der Waals surface area contributed by atoms with Gasteiger partial charge < -0.3 is 14.4 Å². The van der Waals surface area contributed by atoms with Crippen molar-refractivity contribution in [3.63, 3.8) is 0 Å². The molecule has 0 saturated heterocycles. The van der Waals surface area contributed by atoms with Crippen LogP contribution < -0.4 is 4.74 Å². The number of hydrogen-bond acceptors (Lipinski definition) is 7. The molecular formula is C27H32N2O4S2. The largest absolute Gasteiger partial charge is 0.497 e. The Bertz CT molecular complexity index is 1180. The highest BCUT2D eigenvalue weighted by Gasteiger charge is 2.53. The Hall–Kier alpha value is -2.71. The molecule has 0 spiro atoms. The number of aromatic nitrogens is 1. The van der Waals surface area contributed by atoms with Crippen molar-refractivity contribution in [1.82, 2.24) is 9.88 Å². The number of thiophene rings is 1. The predicted octanol–water partition coefficient (Wildman–Crippen LogP) is 5.70. The standard InChI is InChI=1S/C27H32N2O4S2/c1-5-33-25(30)24-19(3)35-23(28-24)17-29(16-6-7-22-13-8-18(2)34-22)26(31)27(14-15-27)20-9-11-21(32-4)12-10-20/h8-13H,5-7,14-17H2,1-4H3. The van der Waals surface area contributed by atoms with Crippen molar-refractivity contribution in [3.8, 4) is 5.75 Å². The number of esters is 1. The Balaban J connectivity index is 1.54. The van der Waals surface area contributed by atoms with Crippen molar-refractivity contribution >= 4 is 34.6 Å². The first kappa shape index (κ1) is 25.4. The molecule has 35 heavy (non-hydrogen) atoms. The van der Waals surface area contributed by atoms with E-state index in [1.54, 1.807) is 25.4 Å². The molecule has 186 valence electrons. The molecule has 1 aromatic carbocycles. The second-order valence-electron chi connectivity index (χ2n) is 8.89. The lowest BCUT2D eigenvalue weighted by molar-refractivity contribution is -0.134. The number of hydrogen-bond donors (Lipinski definition) is 0. The summed E-state index contributed by atoms with van der Waals surface area (Å²) in [5.41, 5.74) is 0.900. The van der Waals surface area contributed by atoms with E-state index >= 15 is 0 Å². The van der Waals surface area contributed by atoms with Crippen molar-refractivity contribution < 1.29 is 19.1 Å². The van der Waals surface area contributed by atoms with Gasteiger partial charge in [-0.3, -0.25) is 4.79 Å². The number of rotatable bonds is 11. The van der Waals surface area contributed by atoms with Gasteiger partial charge in [0, 0.05) is 21.2 Å². The zero-order valence-corrected chi connectivity index (χ0v) is 22.4. The zero-order valence-electron chi connectivity index (χ0n) is 20.8. The molecule has 3 aromatic rings. The van der Waals surface area contributed by atoms with Crippen LogP contribution in [-0.4, -0.2) is 42.0 Å². The van der Waals surface area contributed by atoms with Crippen LogP contribution in [0.2, 0.25) is 0 Å². The Kier molecular flexibility index (Phi) is 7.91. The molecular weight excluding hydrogens is 480 g/mol. The fraction of sp³-hybridized carbons (Fsp3) is 0.444. The molecule has 0 radical (unpaired) electrons. The van der Waals surface area contributed by atoms with Gasteiger partial charge in [-0.25, -0.2) is 9.78 Å². The molecule has 0 unspecified atom stereocenters. The maximum Gasteiger partial charge on any atom is 0.358 e. The number of nitrogens with zero attached hydrogens (tertiary/aromatic N) is 2. The fourth-order valence-corrected chi connectivity index (χ4v) is 6.22. The van der Waals surface area contributed by atoms with Crippen molar-refractivity contribution in [2.45, 2.75) is 58.4 Å². The van der Waals surface area contributed by atoms with E-state index in [0.717, 1.165) is 46.9 Å². The summed E-state index contributed by atoms with van der Waals surface area (Å²) in [6.45, 7) is 7.11. The van der Waals surface area contributed by atoms with Gasteiger partial charge in [-0.2, -0.15) is 0 Å². The van der Waals surface area contributed by atoms with E-state index in [1.807, 2.05) is 36.1 Å². The van der Waals surface area contributed by atoms with Crippen LogP contribution in [0.1, 0.15) is 61.9 Å². The van der Waals surface area contributed by atoms with Gasteiger partial charge in [0.25, 0.3) is 0 Å². The molecule has 6 nitrogen and oxygen atoms in total. The Morgan fingerprint density at radius 2 is 1.83 bits per heavy atom. The van der Waals surface area contributed by atoms with E-state index in [-0.39, 0.29) is 5.91 Å². The van der Waals surface area contributed by atoms with Crippen LogP contribution in [0.25, 0.3) is 0 Å². The van der Waals surface area contributed by atoms with E-state index in [4.69, 9.17) is 9.47 Å². The zero-order chi connectivity index (χ0) is 25.0. The van der Waals surface area contributed by atoms with Crippen molar-refractivity contribution in [2.75, 3.05) is 20.3 Å². The highest BCUT2D eigenvalue weighted by Crippen LogP contribution is 2.50. The molecule has 0 atom stereocenters. The summed E-state index contributed by atoms with van der Waals surface area (Å²) in [5.74, 6) is 0.510. The minimum Gasteiger partial charge on any atom is -0.497 e. The second-order valence-corrected chi connectivity index (χ2v) is 11.5. The molecule has 2 aromatic heterocycles. The molecule has 0 bridgehead atoms. The molecule has 1 fully saturated rings.